The highest BCUT2D eigenvalue weighted by Gasteiger charge is 2.03. The summed E-state index contributed by atoms with van der Waals surface area (Å²) >= 11 is 1.48. The monoisotopic (exact) mass is 185 g/mol. The third kappa shape index (κ3) is 2.67. The molecule has 5 heteroatoms. The van der Waals surface area contributed by atoms with Crippen LogP contribution in [0.3, 0.4) is 0 Å². The van der Waals surface area contributed by atoms with E-state index < -0.39 is 0 Å². The molecule has 12 heavy (non-hydrogen) atoms. The van der Waals surface area contributed by atoms with E-state index >= 15 is 0 Å². The molecule has 0 aliphatic carbocycles. The van der Waals surface area contributed by atoms with E-state index in [-0.39, 0.29) is 11.9 Å². The fourth-order valence-electron chi connectivity index (χ4n) is 0.661. The number of anilines is 1. The lowest BCUT2D eigenvalue weighted by Gasteiger charge is -2.05. The predicted octanol–water partition coefficient (Wildman–Crippen LogP) is 0.532. The number of aromatic nitrogens is 2. The lowest BCUT2D eigenvalue weighted by Crippen LogP contribution is -2.02. The van der Waals surface area contributed by atoms with Crippen LogP contribution in [0.25, 0.3) is 0 Å². The standard InChI is InChI=1S/C7H11N3OS/c1-5(3-11)12-7-2-6(8)9-4-10-7/h2,4-5,11H,3H2,1H3,(H2,8,9,10). The molecule has 0 saturated carbocycles. The molecule has 1 aromatic heterocycles. The molecule has 0 aliphatic rings. The van der Waals surface area contributed by atoms with Crippen molar-refractivity contribution in [2.75, 3.05) is 12.3 Å². The van der Waals surface area contributed by atoms with E-state index in [2.05, 4.69) is 9.97 Å². The van der Waals surface area contributed by atoms with Crippen LogP contribution in [0.4, 0.5) is 5.82 Å². The molecule has 0 radical (unpaired) electrons. The van der Waals surface area contributed by atoms with Gasteiger partial charge >= 0.3 is 0 Å². The third-order valence-corrected chi connectivity index (χ3v) is 2.26. The average Bonchev–Trinajstić information content (AvgIpc) is 2.04. The molecule has 1 aromatic rings. The summed E-state index contributed by atoms with van der Waals surface area (Å²) in [6, 6.07) is 1.69. The van der Waals surface area contributed by atoms with Crippen molar-refractivity contribution in [2.24, 2.45) is 0 Å². The molecular weight excluding hydrogens is 174 g/mol. The molecule has 1 heterocycles. The first-order chi connectivity index (χ1) is 5.72. The Kier molecular flexibility index (Phi) is 3.31. The summed E-state index contributed by atoms with van der Waals surface area (Å²) in [7, 11) is 0. The fourth-order valence-corrected chi connectivity index (χ4v) is 1.44. The first kappa shape index (κ1) is 9.28. The molecule has 0 fully saturated rings. The van der Waals surface area contributed by atoms with E-state index in [1.807, 2.05) is 6.92 Å². The van der Waals surface area contributed by atoms with E-state index in [1.165, 1.54) is 18.1 Å². The van der Waals surface area contributed by atoms with Crippen LogP contribution in [-0.4, -0.2) is 26.9 Å². The molecule has 0 bridgehead atoms. The Bertz CT molecular complexity index is 256. The highest BCUT2D eigenvalue weighted by Crippen LogP contribution is 2.20. The maximum Gasteiger partial charge on any atom is 0.127 e. The predicted molar refractivity (Wildman–Crippen MR) is 48.8 cm³/mol. The molecule has 0 aliphatic heterocycles. The SMILES string of the molecule is CC(CO)Sc1cc(N)ncn1. The van der Waals surface area contributed by atoms with Crippen LogP contribution in [0, 0.1) is 0 Å². The Labute approximate surface area is 75.2 Å². The molecule has 0 amide bonds. The highest BCUT2D eigenvalue weighted by molar-refractivity contribution is 7.99. The summed E-state index contributed by atoms with van der Waals surface area (Å²) < 4.78 is 0. The summed E-state index contributed by atoms with van der Waals surface area (Å²) in [6.45, 7) is 2.05. The van der Waals surface area contributed by atoms with Gasteiger partial charge in [-0.3, -0.25) is 0 Å². The number of aliphatic hydroxyl groups excluding tert-OH is 1. The van der Waals surface area contributed by atoms with Crippen LogP contribution >= 0.6 is 11.8 Å². The number of hydrogen-bond acceptors (Lipinski definition) is 5. The molecule has 0 aromatic carbocycles. The second kappa shape index (κ2) is 4.27. The van der Waals surface area contributed by atoms with Crippen molar-refractivity contribution in [1.82, 2.24) is 9.97 Å². The molecule has 4 nitrogen and oxygen atoms in total. The maximum atomic E-state index is 8.77. The Morgan fingerprint density at radius 2 is 2.42 bits per heavy atom. The summed E-state index contributed by atoms with van der Waals surface area (Å²) in [5.74, 6) is 0.456. The molecule has 0 saturated heterocycles. The molecular formula is C7H11N3OS. The van der Waals surface area contributed by atoms with Gasteiger partial charge in [0.2, 0.25) is 0 Å². The lowest BCUT2D eigenvalue weighted by molar-refractivity contribution is 0.300. The van der Waals surface area contributed by atoms with Crippen LogP contribution < -0.4 is 5.73 Å². The Morgan fingerprint density at radius 3 is 3.00 bits per heavy atom. The van der Waals surface area contributed by atoms with Gasteiger partial charge in [0.1, 0.15) is 17.2 Å². The zero-order valence-corrected chi connectivity index (χ0v) is 7.58. The van der Waals surface area contributed by atoms with Gasteiger partial charge in [0, 0.05) is 11.3 Å². The van der Waals surface area contributed by atoms with E-state index in [4.69, 9.17) is 10.8 Å². The van der Waals surface area contributed by atoms with Gasteiger partial charge in [0.25, 0.3) is 0 Å². The minimum absolute atomic E-state index is 0.134. The minimum Gasteiger partial charge on any atom is -0.395 e. The second-order valence-electron chi connectivity index (χ2n) is 2.39. The van der Waals surface area contributed by atoms with Crippen LogP contribution in [0.5, 0.6) is 0 Å². The summed E-state index contributed by atoms with van der Waals surface area (Å²) in [5.41, 5.74) is 5.45. The summed E-state index contributed by atoms with van der Waals surface area (Å²) in [6.07, 6.45) is 1.42. The van der Waals surface area contributed by atoms with Gasteiger partial charge in [-0.15, -0.1) is 11.8 Å². The lowest BCUT2D eigenvalue weighted by atomic mass is 10.5. The van der Waals surface area contributed by atoms with E-state index in [0.717, 1.165) is 5.03 Å². The largest absolute Gasteiger partial charge is 0.395 e. The number of rotatable bonds is 3. The Morgan fingerprint density at radius 1 is 1.67 bits per heavy atom. The van der Waals surface area contributed by atoms with Gasteiger partial charge in [-0.1, -0.05) is 6.92 Å². The van der Waals surface area contributed by atoms with Crippen LogP contribution in [0.1, 0.15) is 6.92 Å². The Balaban J connectivity index is 2.63. The van der Waals surface area contributed by atoms with Crippen molar-refractivity contribution < 1.29 is 5.11 Å². The summed E-state index contributed by atoms with van der Waals surface area (Å²) in [5, 5.41) is 9.70. The molecule has 1 unspecified atom stereocenters. The molecule has 1 rings (SSSR count). The zero-order valence-electron chi connectivity index (χ0n) is 6.77. The number of nitrogens with zero attached hydrogens (tertiary/aromatic N) is 2. The second-order valence-corrected chi connectivity index (χ2v) is 3.85. The van der Waals surface area contributed by atoms with Gasteiger partial charge in [-0.25, -0.2) is 9.97 Å². The quantitative estimate of drug-likeness (QED) is 0.531. The van der Waals surface area contributed by atoms with Crippen molar-refractivity contribution in [3.8, 4) is 0 Å². The topological polar surface area (TPSA) is 72.0 Å². The third-order valence-electron chi connectivity index (χ3n) is 1.24. The highest BCUT2D eigenvalue weighted by atomic mass is 32.2. The van der Waals surface area contributed by atoms with Gasteiger partial charge in [-0.05, 0) is 0 Å². The van der Waals surface area contributed by atoms with Crippen molar-refractivity contribution in [1.29, 1.82) is 0 Å². The number of thioether (sulfide) groups is 1. The number of aliphatic hydroxyl groups is 1. The van der Waals surface area contributed by atoms with Gasteiger partial charge < -0.3 is 10.8 Å². The smallest absolute Gasteiger partial charge is 0.127 e. The van der Waals surface area contributed by atoms with Gasteiger partial charge in [0.15, 0.2) is 0 Å². The molecule has 1 atom stereocenters. The van der Waals surface area contributed by atoms with Gasteiger partial charge in [-0.2, -0.15) is 0 Å². The minimum atomic E-state index is 0.134. The molecule has 66 valence electrons. The average molecular weight is 185 g/mol. The molecule has 3 N–H and O–H groups in total. The maximum absolute atomic E-state index is 8.77. The number of nitrogen functional groups attached to an aromatic ring is 1. The van der Waals surface area contributed by atoms with Crippen molar-refractivity contribution in [3.05, 3.63) is 12.4 Å². The van der Waals surface area contributed by atoms with Crippen LogP contribution in [0.15, 0.2) is 17.4 Å². The van der Waals surface area contributed by atoms with Crippen molar-refractivity contribution in [3.63, 3.8) is 0 Å². The number of nitrogens with two attached hydrogens (primary N) is 1. The van der Waals surface area contributed by atoms with E-state index in [1.54, 1.807) is 6.07 Å². The zero-order chi connectivity index (χ0) is 8.97. The van der Waals surface area contributed by atoms with E-state index in [0.29, 0.717) is 5.82 Å². The van der Waals surface area contributed by atoms with Crippen LogP contribution in [0.2, 0.25) is 0 Å². The first-order valence-electron chi connectivity index (χ1n) is 3.57. The van der Waals surface area contributed by atoms with Crippen molar-refractivity contribution in [2.45, 2.75) is 17.2 Å². The number of hydrogen-bond donors (Lipinski definition) is 2. The fraction of sp³-hybridized carbons (Fsp3) is 0.429. The van der Waals surface area contributed by atoms with Crippen LogP contribution in [-0.2, 0) is 0 Å². The van der Waals surface area contributed by atoms with Crippen molar-refractivity contribution >= 4 is 17.6 Å². The Hall–Kier alpha value is -0.810. The normalized spacial score (nSPS) is 12.8. The molecule has 0 spiro atoms. The first-order valence-corrected chi connectivity index (χ1v) is 4.45. The summed E-state index contributed by atoms with van der Waals surface area (Å²) in [4.78, 5) is 7.75. The van der Waals surface area contributed by atoms with Gasteiger partial charge in [0.05, 0.1) is 6.61 Å². The van der Waals surface area contributed by atoms with E-state index in [9.17, 15) is 0 Å².